The molecule has 0 radical (unpaired) electrons. The van der Waals surface area contributed by atoms with E-state index in [2.05, 4.69) is 4.99 Å². The van der Waals surface area contributed by atoms with Crippen molar-refractivity contribution < 1.29 is 31.1 Å². The second kappa shape index (κ2) is 3.68. The SMILES string of the molecule is O=C1NC(C(F)(F)F)(C(F)(F)F)N=C2SCCN12. The fourth-order valence-electron chi connectivity index (χ4n) is 1.51. The minimum absolute atomic E-state index is 0.0289. The van der Waals surface area contributed by atoms with Crippen LogP contribution in [-0.2, 0) is 0 Å². The molecule has 2 aliphatic rings. The molecule has 0 spiro atoms. The Balaban J connectivity index is 2.57. The lowest BCUT2D eigenvalue weighted by molar-refractivity contribution is -0.302. The average Bonchev–Trinajstić information content (AvgIpc) is 2.61. The van der Waals surface area contributed by atoms with E-state index in [1.807, 2.05) is 0 Å². The number of carbonyl (C=O) groups excluding carboxylic acids is 1. The Hall–Kier alpha value is -1.13. The molecule has 18 heavy (non-hydrogen) atoms. The van der Waals surface area contributed by atoms with Crippen LogP contribution >= 0.6 is 11.8 Å². The summed E-state index contributed by atoms with van der Waals surface area (Å²) in [6, 6.07) is -1.44. The maximum atomic E-state index is 12.7. The largest absolute Gasteiger partial charge is 0.441 e. The summed E-state index contributed by atoms with van der Waals surface area (Å²) in [5, 5.41) is 0.356. The topological polar surface area (TPSA) is 44.7 Å². The van der Waals surface area contributed by atoms with Gasteiger partial charge in [-0.1, -0.05) is 11.8 Å². The molecule has 1 fully saturated rings. The van der Waals surface area contributed by atoms with Crippen LogP contribution in [0, 0.1) is 0 Å². The number of alkyl halides is 6. The smallest absolute Gasteiger partial charge is 0.298 e. The number of hydrogen-bond acceptors (Lipinski definition) is 3. The van der Waals surface area contributed by atoms with Crippen molar-refractivity contribution in [3.05, 3.63) is 0 Å². The molecule has 1 saturated heterocycles. The molecule has 1 N–H and O–H groups in total. The summed E-state index contributed by atoms with van der Waals surface area (Å²) in [6.45, 7) is 0.0289. The number of amides is 2. The number of thioether (sulfide) groups is 1. The first-order valence-corrected chi connectivity index (χ1v) is 5.53. The minimum atomic E-state index is -5.76. The first kappa shape index (κ1) is 13.3. The molecule has 2 heterocycles. The molecule has 0 saturated carbocycles. The van der Waals surface area contributed by atoms with Gasteiger partial charge in [0.05, 0.1) is 0 Å². The molecule has 0 aromatic carbocycles. The molecule has 4 nitrogen and oxygen atoms in total. The fourth-order valence-corrected chi connectivity index (χ4v) is 2.49. The molecule has 11 heteroatoms. The van der Waals surface area contributed by atoms with Gasteiger partial charge >= 0.3 is 24.0 Å². The van der Waals surface area contributed by atoms with E-state index in [0.717, 1.165) is 10.2 Å². The zero-order valence-electron chi connectivity index (χ0n) is 8.39. The number of urea groups is 1. The number of rotatable bonds is 0. The van der Waals surface area contributed by atoms with Crippen LogP contribution < -0.4 is 5.32 Å². The van der Waals surface area contributed by atoms with Crippen LogP contribution in [0.4, 0.5) is 31.1 Å². The van der Waals surface area contributed by atoms with Gasteiger partial charge in [0.15, 0.2) is 5.17 Å². The predicted molar refractivity (Wildman–Crippen MR) is 50.0 cm³/mol. The van der Waals surface area contributed by atoms with Crippen molar-refractivity contribution in [1.82, 2.24) is 10.2 Å². The molecule has 2 amide bonds. The number of fused-ring (bicyclic) bond motifs is 1. The van der Waals surface area contributed by atoms with Gasteiger partial charge in [0.1, 0.15) is 0 Å². The quantitative estimate of drug-likeness (QED) is 0.694. The van der Waals surface area contributed by atoms with Crippen molar-refractivity contribution in [3.8, 4) is 0 Å². The molecule has 0 aromatic rings. The van der Waals surface area contributed by atoms with Crippen molar-refractivity contribution in [2.75, 3.05) is 12.3 Å². The molecule has 0 unspecified atom stereocenters. The van der Waals surface area contributed by atoms with E-state index in [1.165, 1.54) is 0 Å². The van der Waals surface area contributed by atoms with Crippen LogP contribution in [0.1, 0.15) is 0 Å². The van der Waals surface area contributed by atoms with Crippen LogP contribution in [0.5, 0.6) is 0 Å². The molecular formula is C7H5F6N3OS. The maximum absolute atomic E-state index is 12.7. The zero-order chi connectivity index (χ0) is 13.8. The van der Waals surface area contributed by atoms with E-state index in [1.54, 1.807) is 0 Å². The highest BCUT2D eigenvalue weighted by Gasteiger charge is 2.74. The number of nitrogens with one attached hydrogen (secondary N) is 1. The third-order valence-electron chi connectivity index (χ3n) is 2.39. The Morgan fingerprint density at radius 3 is 2.28 bits per heavy atom. The number of nitrogens with zero attached hydrogens (tertiary/aromatic N) is 2. The van der Waals surface area contributed by atoms with Crippen molar-refractivity contribution in [2.24, 2.45) is 4.99 Å². The molecule has 2 aliphatic heterocycles. The fraction of sp³-hybridized carbons (Fsp3) is 0.714. The van der Waals surface area contributed by atoms with Crippen LogP contribution in [0.15, 0.2) is 4.99 Å². The van der Waals surface area contributed by atoms with Crippen molar-refractivity contribution in [1.29, 1.82) is 0 Å². The van der Waals surface area contributed by atoms with E-state index in [-0.39, 0.29) is 12.3 Å². The third kappa shape index (κ3) is 1.71. The number of halogens is 6. The highest BCUT2D eigenvalue weighted by Crippen LogP contribution is 2.46. The highest BCUT2D eigenvalue weighted by molar-refractivity contribution is 8.14. The molecular weight excluding hydrogens is 288 g/mol. The Morgan fingerprint density at radius 2 is 1.78 bits per heavy atom. The predicted octanol–water partition coefficient (Wildman–Crippen LogP) is 1.94. The molecule has 0 aromatic heterocycles. The van der Waals surface area contributed by atoms with Gasteiger partial charge in [0, 0.05) is 12.3 Å². The van der Waals surface area contributed by atoms with Gasteiger partial charge < -0.3 is 0 Å². The lowest BCUT2D eigenvalue weighted by Crippen LogP contribution is -2.71. The van der Waals surface area contributed by atoms with E-state index in [0.29, 0.717) is 11.8 Å². The van der Waals surface area contributed by atoms with E-state index in [9.17, 15) is 31.1 Å². The second-order valence-electron chi connectivity index (χ2n) is 3.53. The van der Waals surface area contributed by atoms with Gasteiger partial charge in [0.25, 0.3) is 0 Å². The lowest BCUT2D eigenvalue weighted by atomic mass is 10.1. The summed E-state index contributed by atoms with van der Waals surface area (Å²) in [6.07, 6.45) is -11.5. The Bertz CT molecular complexity index is 402. The Kier molecular flexibility index (Phi) is 2.72. The summed E-state index contributed by atoms with van der Waals surface area (Å²) < 4.78 is 75.9. The number of amidine groups is 1. The van der Waals surface area contributed by atoms with Crippen LogP contribution in [0.3, 0.4) is 0 Å². The second-order valence-corrected chi connectivity index (χ2v) is 4.59. The molecule has 2 rings (SSSR count). The van der Waals surface area contributed by atoms with Crippen molar-refractivity contribution in [3.63, 3.8) is 0 Å². The molecule has 0 aliphatic carbocycles. The van der Waals surface area contributed by atoms with E-state index >= 15 is 0 Å². The maximum Gasteiger partial charge on any atom is 0.441 e. The summed E-state index contributed by atoms with van der Waals surface area (Å²) in [4.78, 5) is 14.7. The summed E-state index contributed by atoms with van der Waals surface area (Å²) in [5.41, 5.74) is -4.56. The van der Waals surface area contributed by atoms with Gasteiger partial charge in [-0.15, -0.1) is 0 Å². The minimum Gasteiger partial charge on any atom is -0.298 e. The first-order valence-electron chi connectivity index (χ1n) is 4.54. The highest BCUT2D eigenvalue weighted by atomic mass is 32.2. The zero-order valence-corrected chi connectivity index (χ0v) is 9.21. The summed E-state index contributed by atoms with van der Waals surface area (Å²) in [7, 11) is 0. The first-order chi connectivity index (χ1) is 8.08. The Labute approximate surface area is 100 Å². The molecule has 0 bridgehead atoms. The summed E-state index contributed by atoms with van der Waals surface area (Å²) in [5.74, 6) is 0.206. The van der Waals surface area contributed by atoms with Crippen LogP contribution in [-0.4, -0.2) is 46.4 Å². The van der Waals surface area contributed by atoms with Gasteiger partial charge in [0.2, 0.25) is 0 Å². The normalized spacial score (nSPS) is 23.6. The van der Waals surface area contributed by atoms with Crippen molar-refractivity contribution in [2.45, 2.75) is 18.0 Å². The lowest BCUT2D eigenvalue weighted by Gasteiger charge is -2.39. The average molecular weight is 293 g/mol. The van der Waals surface area contributed by atoms with Gasteiger partial charge in [-0.2, -0.15) is 26.3 Å². The number of carbonyl (C=O) groups is 1. The monoisotopic (exact) mass is 293 g/mol. The number of aliphatic imine (C=N–C) groups is 1. The third-order valence-corrected chi connectivity index (χ3v) is 3.35. The standard InChI is InChI=1S/C7H5F6N3OS/c8-6(9,10)5(7(11,12)13)14-3(17)16-1-2-18-4(16)15-5/h1-2H2,(H,14,17). The van der Waals surface area contributed by atoms with Gasteiger partial charge in [-0.05, 0) is 0 Å². The Morgan fingerprint density at radius 1 is 1.22 bits per heavy atom. The number of hydrogen-bond donors (Lipinski definition) is 1. The molecule has 102 valence electrons. The van der Waals surface area contributed by atoms with Crippen molar-refractivity contribution >= 4 is 23.0 Å². The van der Waals surface area contributed by atoms with Crippen LogP contribution in [0.25, 0.3) is 0 Å². The summed E-state index contributed by atoms with van der Waals surface area (Å²) >= 11 is 0.680. The van der Waals surface area contributed by atoms with E-state index in [4.69, 9.17) is 0 Å². The van der Waals surface area contributed by atoms with Gasteiger partial charge in [-0.25, -0.2) is 9.79 Å². The van der Waals surface area contributed by atoms with Gasteiger partial charge in [-0.3, -0.25) is 10.2 Å². The van der Waals surface area contributed by atoms with Crippen LogP contribution in [0.2, 0.25) is 0 Å². The molecule has 0 atom stereocenters. The van der Waals surface area contributed by atoms with E-state index < -0.39 is 29.2 Å².